The van der Waals surface area contributed by atoms with Crippen LogP contribution in [0.3, 0.4) is 0 Å². The number of anilines is 2. The minimum Gasteiger partial charge on any atom is -0.383 e. The van der Waals surface area contributed by atoms with Gasteiger partial charge in [0.2, 0.25) is 16.0 Å². The summed E-state index contributed by atoms with van der Waals surface area (Å²) in [7, 11) is -2.16. The molecule has 1 aromatic carbocycles. The predicted molar refractivity (Wildman–Crippen MR) is 72.5 cm³/mol. The van der Waals surface area contributed by atoms with Gasteiger partial charge in [-0.2, -0.15) is 4.98 Å². The van der Waals surface area contributed by atoms with E-state index >= 15 is 0 Å². The summed E-state index contributed by atoms with van der Waals surface area (Å²) in [6.07, 6.45) is 1.46. The lowest BCUT2D eigenvalue weighted by molar-refractivity contribution is 0.588. The molecule has 2 rings (SSSR count). The minimum absolute atomic E-state index is 0.0697. The number of aromatic nitrogens is 2. The van der Waals surface area contributed by atoms with Crippen LogP contribution in [0.2, 0.25) is 0 Å². The Kier molecular flexibility index (Phi) is 3.36. The van der Waals surface area contributed by atoms with Crippen LogP contribution >= 0.6 is 0 Å². The van der Waals surface area contributed by atoms with Crippen molar-refractivity contribution in [2.45, 2.75) is 4.90 Å². The van der Waals surface area contributed by atoms with E-state index in [1.54, 1.807) is 12.1 Å². The first-order valence-electron chi connectivity index (χ1n) is 5.36. The fraction of sp³-hybridized carbons (Fsp3) is 0.0909. The lowest BCUT2D eigenvalue weighted by Gasteiger charge is -2.07. The van der Waals surface area contributed by atoms with Gasteiger partial charge in [0.25, 0.3) is 0 Å². The van der Waals surface area contributed by atoms with Crippen LogP contribution in [0.25, 0.3) is 11.1 Å². The molecular formula is C11H13N5O2S. The minimum atomic E-state index is -3.51. The number of hydrogen-bond donors (Lipinski definition) is 3. The molecule has 8 heteroatoms. The van der Waals surface area contributed by atoms with Crippen molar-refractivity contribution in [1.82, 2.24) is 14.7 Å². The highest BCUT2D eigenvalue weighted by Crippen LogP contribution is 2.26. The van der Waals surface area contributed by atoms with Gasteiger partial charge in [-0.3, -0.25) is 0 Å². The highest BCUT2D eigenvalue weighted by Gasteiger charge is 2.13. The van der Waals surface area contributed by atoms with Crippen LogP contribution in [0, 0.1) is 0 Å². The summed E-state index contributed by atoms with van der Waals surface area (Å²) >= 11 is 0. The van der Waals surface area contributed by atoms with E-state index in [9.17, 15) is 8.42 Å². The third-order valence-electron chi connectivity index (χ3n) is 2.56. The van der Waals surface area contributed by atoms with Crippen molar-refractivity contribution in [1.29, 1.82) is 0 Å². The van der Waals surface area contributed by atoms with Crippen LogP contribution in [0.4, 0.5) is 11.8 Å². The first-order chi connectivity index (χ1) is 8.94. The standard InChI is InChI=1S/C11H13N5O2S/c1-14-19(17,18)8-4-2-3-7(5-8)9-6-15-11(13)16-10(9)12/h2-6,14H,1H3,(H4,12,13,15,16). The highest BCUT2D eigenvalue weighted by molar-refractivity contribution is 7.89. The van der Waals surface area contributed by atoms with E-state index in [4.69, 9.17) is 11.5 Å². The average molecular weight is 279 g/mol. The maximum absolute atomic E-state index is 11.7. The van der Waals surface area contributed by atoms with Crippen molar-refractivity contribution in [2.24, 2.45) is 0 Å². The molecule has 0 atom stereocenters. The van der Waals surface area contributed by atoms with Crippen LogP contribution in [0.1, 0.15) is 0 Å². The Balaban J connectivity index is 2.56. The number of nitrogens with zero attached hydrogens (tertiary/aromatic N) is 2. The van der Waals surface area contributed by atoms with Crippen molar-refractivity contribution in [3.05, 3.63) is 30.5 Å². The smallest absolute Gasteiger partial charge is 0.240 e. The van der Waals surface area contributed by atoms with Crippen LogP contribution in [0.15, 0.2) is 35.4 Å². The molecule has 7 nitrogen and oxygen atoms in total. The molecule has 0 aliphatic heterocycles. The molecule has 0 spiro atoms. The fourth-order valence-electron chi connectivity index (χ4n) is 1.58. The summed E-state index contributed by atoms with van der Waals surface area (Å²) in [5.74, 6) is 0.270. The first-order valence-corrected chi connectivity index (χ1v) is 6.84. The van der Waals surface area contributed by atoms with E-state index in [1.165, 1.54) is 25.4 Å². The van der Waals surface area contributed by atoms with Crippen LogP contribution in [-0.2, 0) is 10.0 Å². The Morgan fingerprint density at radius 2 is 2.00 bits per heavy atom. The van der Waals surface area contributed by atoms with Gasteiger partial charge in [-0.15, -0.1) is 0 Å². The van der Waals surface area contributed by atoms with Gasteiger partial charge in [0.05, 0.1) is 4.90 Å². The van der Waals surface area contributed by atoms with Gasteiger partial charge >= 0.3 is 0 Å². The van der Waals surface area contributed by atoms with E-state index in [1.807, 2.05) is 0 Å². The number of benzene rings is 1. The van der Waals surface area contributed by atoms with Gasteiger partial charge in [0.1, 0.15) is 5.82 Å². The van der Waals surface area contributed by atoms with Gasteiger partial charge < -0.3 is 11.5 Å². The highest BCUT2D eigenvalue weighted by atomic mass is 32.2. The van der Waals surface area contributed by atoms with E-state index < -0.39 is 10.0 Å². The van der Waals surface area contributed by atoms with Crippen molar-refractivity contribution in [3.63, 3.8) is 0 Å². The van der Waals surface area contributed by atoms with Crippen LogP contribution in [0.5, 0.6) is 0 Å². The van der Waals surface area contributed by atoms with Gasteiger partial charge in [-0.05, 0) is 24.7 Å². The number of nitrogens with two attached hydrogens (primary N) is 2. The molecule has 0 unspecified atom stereocenters. The second kappa shape index (κ2) is 4.82. The Hall–Kier alpha value is -2.19. The average Bonchev–Trinajstić information content (AvgIpc) is 2.39. The van der Waals surface area contributed by atoms with Gasteiger partial charge in [0, 0.05) is 11.8 Å². The lowest BCUT2D eigenvalue weighted by Crippen LogP contribution is -2.18. The Labute approximate surface area is 110 Å². The molecule has 2 aromatic rings. The number of nitrogens with one attached hydrogen (secondary N) is 1. The maximum atomic E-state index is 11.7. The molecule has 0 fully saturated rings. The van der Waals surface area contributed by atoms with Crippen molar-refractivity contribution in [3.8, 4) is 11.1 Å². The summed E-state index contributed by atoms with van der Waals surface area (Å²) in [6, 6.07) is 6.33. The molecule has 0 saturated heterocycles. The van der Waals surface area contributed by atoms with E-state index in [-0.39, 0.29) is 16.7 Å². The molecule has 0 amide bonds. The SMILES string of the molecule is CNS(=O)(=O)c1cccc(-c2cnc(N)nc2N)c1. The molecule has 1 aromatic heterocycles. The van der Waals surface area contributed by atoms with Crippen molar-refractivity contribution in [2.75, 3.05) is 18.5 Å². The molecule has 100 valence electrons. The fourth-order valence-corrected chi connectivity index (χ4v) is 2.36. The second-order valence-corrected chi connectivity index (χ2v) is 5.65. The van der Waals surface area contributed by atoms with Gasteiger partial charge in [-0.1, -0.05) is 12.1 Å². The Morgan fingerprint density at radius 1 is 1.26 bits per heavy atom. The Morgan fingerprint density at radius 3 is 2.63 bits per heavy atom. The molecule has 1 heterocycles. The number of nitrogen functional groups attached to an aromatic ring is 2. The number of sulfonamides is 1. The molecule has 0 bridgehead atoms. The van der Waals surface area contributed by atoms with Gasteiger partial charge in [0.15, 0.2) is 0 Å². The molecule has 0 radical (unpaired) electrons. The van der Waals surface area contributed by atoms with Crippen LogP contribution < -0.4 is 16.2 Å². The zero-order valence-electron chi connectivity index (χ0n) is 10.2. The largest absolute Gasteiger partial charge is 0.383 e. The van der Waals surface area contributed by atoms with E-state index in [0.29, 0.717) is 11.1 Å². The summed E-state index contributed by atoms with van der Waals surface area (Å²) < 4.78 is 25.7. The lowest BCUT2D eigenvalue weighted by atomic mass is 10.1. The van der Waals surface area contributed by atoms with Gasteiger partial charge in [-0.25, -0.2) is 18.1 Å². The Bertz CT molecular complexity index is 715. The van der Waals surface area contributed by atoms with E-state index in [0.717, 1.165) is 0 Å². The predicted octanol–water partition coefficient (Wildman–Crippen LogP) is 0.216. The summed E-state index contributed by atoms with van der Waals surface area (Å²) in [4.78, 5) is 7.83. The summed E-state index contributed by atoms with van der Waals surface area (Å²) in [6.45, 7) is 0. The quantitative estimate of drug-likeness (QED) is 0.738. The second-order valence-electron chi connectivity index (χ2n) is 3.76. The molecule has 5 N–H and O–H groups in total. The molecule has 0 aliphatic rings. The summed E-state index contributed by atoms with van der Waals surface area (Å²) in [5.41, 5.74) is 12.3. The number of rotatable bonds is 3. The summed E-state index contributed by atoms with van der Waals surface area (Å²) in [5, 5.41) is 0. The van der Waals surface area contributed by atoms with E-state index in [2.05, 4.69) is 14.7 Å². The molecule has 0 aliphatic carbocycles. The number of hydrogen-bond acceptors (Lipinski definition) is 6. The third-order valence-corrected chi connectivity index (χ3v) is 3.97. The molecule has 19 heavy (non-hydrogen) atoms. The third kappa shape index (κ3) is 2.64. The van der Waals surface area contributed by atoms with Crippen molar-refractivity contribution >= 4 is 21.8 Å². The monoisotopic (exact) mass is 279 g/mol. The zero-order chi connectivity index (χ0) is 14.0. The molecule has 0 saturated carbocycles. The zero-order valence-corrected chi connectivity index (χ0v) is 11.0. The van der Waals surface area contributed by atoms with Crippen molar-refractivity contribution < 1.29 is 8.42 Å². The topological polar surface area (TPSA) is 124 Å². The molecular weight excluding hydrogens is 266 g/mol. The normalized spacial score (nSPS) is 11.4. The maximum Gasteiger partial charge on any atom is 0.240 e. The first kappa shape index (κ1) is 13.2. The van der Waals surface area contributed by atoms with Crippen LogP contribution in [-0.4, -0.2) is 25.4 Å².